The zero-order valence-corrected chi connectivity index (χ0v) is 21.6. The van der Waals surface area contributed by atoms with E-state index in [1.54, 1.807) is 31.2 Å². The number of para-hydroxylation sites is 1. The lowest BCUT2D eigenvalue weighted by Gasteiger charge is -2.24. The van der Waals surface area contributed by atoms with E-state index in [2.05, 4.69) is 5.32 Å². The van der Waals surface area contributed by atoms with Gasteiger partial charge in [0, 0.05) is 32.8 Å². The van der Waals surface area contributed by atoms with Gasteiger partial charge in [-0.05, 0) is 49.6 Å². The molecule has 0 aromatic heterocycles. The molecule has 0 radical (unpaired) electrons. The van der Waals surface area contributed by atoms with Crippen LogP contribution in [-0.2, 0) is 26.9 Å². The first kappa shape index (κ1) is 30.9. The van der Waals surface area contributed by atoms with E-state index < -0.39 is 29.8 Å². The Morgan fingerprint density at radius 2 is 1.71 bits per heavy atom. The lowest BCUT2D eigenvalue weighted by atomic mass is 10.1. The third-order valence-electron chi connectivity index (χ3n) is 5.44. The number of rotatable bonds is 16. The number of carboxylic acid groups (broad SMARTS) is 1. The number of hydrogen-bond acceptors (Lipinski definition) is 5. The van der Waals surface area contributed by atoms with Crippen LogP contribution in [0.5, 0.6) is 5.75 Å². The summed E-state index contributed by atoms with van der Waals surface area (Å²) in [5.41, 5.74) is -0.486. The Kier molecular flexibility index (Phi) is 12.9. The topological polar surface area (TPSA) is 97.3 Å². The number of nitrogens with zero attached hydrogens (tertiary/aromatic N) is 1. The molecule has 2 amide bonds. The number of urea groups is 1. The molecule has 210 valence electrons. The highest BCUT2D eigenvalue weighted by atomic mass is 19.4. The minimum Gasteiger partial charge on any atom is -0.492 e. The molecule has 38 heavy (non-hydrogen) atoms. The van der Waals surface area contributed by atoms with Crippen molar-refractivity contribution in [1.82, 2.24) is 4.90 Å². The van der Waals surface area contributed by atoms with Gasteiger partial charge in [-0.3, -0.25) is 0 Å². The summed E-state index contributed by atoms with van der Waals surface area (Å²) < 4.78 is 56.5. The van der Waals surface area contributed by atoms with Crippen LogP contribution < -0.4 is 10.1 Å². The number of benzene rings is 2. The van der Waals surface area contributed by atoms with Gasteiger partial charge >= 0.3 is 18.2 Å². The number of amides is 2. The van der Waals surface area contributed by atoms with Gasteiger partial charge in [0.2, 0.25) is 0 Å². The van der Waals surface area contributed by atoms with E-state index in [1.165, 1.54) is 23.1 Å². The summed E-state index contributed by atoms with van der Waals surface area (Å²) in [7, 11) is 0. The van der Waals surface area contributed by atoms with Gasteiger partial charge in [-0.1, -0.05) is 31.2 Å². The van der Waals surface area contributed by atoms with Crippen molar-refractivity contribution in [2.24, 2.45) is 0 Å². The number of hydrogen-bond donors (Lipinski definition) is 2. The van der Waals surface area contributed by atoms with E-state index in [4.69, 9.17) is 14.2 Å². The zero-order chi connectivity index (χ0) is 28.0. The molecule has 11 heteroatoms. The van der Waals surface area contributed by atoms with E-state index in [0.717, 1.165) is 18.1 Å². The van der Waals surface area contributed by atoms with Crippen LogP contribution in [0.1, 0.15) is 37.8 Å². The molecular weight excluding hydrogens is 505 g/mol. The highest BCUT2D eigenvalue weighted by Gasteiger charge is 2.34. The number of carbonyl (C=O) groups is 2. The second-order valence-corrected chi connectivity index (χ2v) is 8.41. The van der Waals surface area contributed by atoms with Crippen LogP contribution in [-0.4, -0.2) is 67.6 Å². The van der Waals surface area contributed by atoms with Crippen molar-refractivity contribution < 1.29 is 42.1 Å². The zero-order valence-electron chi connectivity index (χ0n) is 21.6. The van der Waals surface area contributed by atoms with E-state index in [-0.39, 0.29) is 38.4 Å². The quantitative estimate of drug-likeness (QED) is 0.274. The van der Waals surface area contributed by atoms with Crippen molar-refractivity contribution in [3.8, 4) is 5.75 Å². The summed E-state index contributed by atoms with van der Waals surface area (Å²) in [5, 5.41) is 11.6. The van der Waals surface area contributed by atoms with Gasteiger partial charge < -0.3 is 29.5 Å². The maximum atomic E-state index is 13.3. The number of halogens is 3. The van der Waals surface area contributed by atoms with Gasteiger partial charge in [-0.25, -0.2) is 9.59 Å². The summed E-state index contributed by atoms with van der Waals surface area (Å²) in [4.78, 5) is 25.6. The van der Waals surface area contributed by atoms with Crippen molar-refractivity contribution in [3.63, 3.8) is 0 Å². The lowest BCUT2D eigenvalue weighted by Crippen LogP contribution is -2.39. The monoisotopic (exact) mass is 540 g/mol. The van der Waals surface area contributed by atoms with Crippen molar-refractivity contribution in [1.29, 1.82) is 0 Å². The van der Waals surface area contributed by atoms with Crippen LogP contribution in [0.4, 0.5) is 23.7 Å². The standard InChI is InChI=1S/C27H35F3N2O6/c1-3-16-36-17-7-14-32(26(35)31-23-9-6-5-8-22(23)27(28,29)30)15-18-38-21-12-10-20(11-13-21)19-24(25(33)34)37-4-2/h5-6,8-13,24H,3-4,7,14-19H2,1-2H3,(H,31,35)(H,33,34). The smallest absolute Gasteiger partial charge is 0.418 e. The van der Waals surface area contributed by atoms with Gasteiger partial charge in [-0.15, -0.1) is 0 Å². The van der Waals surface area contributed by atoms with Crippen LogP contribution in [0.15, 0.2) is 48.5 Å². The van der Waals surface area contributed by atoms with Crippen LogP contribution in [0, 0.1) is 0 Å². The van der Waals surface area contributed by atoms with E-state index in [1.807, 2.05) is 6.92 Å². The average Bonchev–Trinajstić information content (AvgIpc) is 2.87. The SMILES string of the molecule is CCCOCCCN(CCOc1ccc(CC(OCC)C(=O)O)cc1)C(=O)Nc1ccccc1C(F)(F)F. The Morgan fingerprint density at radius 3 is 2.34 bits per heavy atom. The molecule has 2 aromatic carbocycles. The van der Waals surface area contributed by atoms with E-state index >= 15 is 0 Å². The van der Waals surface area contributed by atoms with Crippen molar-refractivity contribution in [2.75, 3.05) is 44.8 Å². The fourth-order valence-corrected chi connectivity index (χ4v) is 3.58. The van der Waals surface area contributed by atoms with Gasteiger partial charge in [0.1, 0.15) is 12.4 Å². The minimum absolute atomic E-state index is 0.0974. The normalized spacial score (nSPS) is 12.1. The van der Waals surface area contributed by atoms with Crippen LogP contribution in [0.2, 0.25) is 0 Å². The summed E-state index contributed by atoms with van der Waals surface area (Å²) in [6.07, 6.45) is -3.98. The minimum atomic E-state index is -4.61. The molecule has 0 saturated carbocycles. The fourth-order valence-electron chi connectivity index (χ4n) is 3.58. The van der Waals surface area contributed by atoms with Crippen molar-refractivity contribution in [3.05, 3.63) is 59.7 Å². The number of carbonyl (C=O) groups excluding carboxylic acids is 1. The molecule has 2 N–H and O–H groups in total. The maximum Gasteiger partial charge on any atom is 0.418 e. The Labute approximate surface area is 220 Å². The molecule has 2 rings (SSSR count). The predicted octanol–water partition coefficient (Wildman–Crippen LogP) is 5.47. The summed E-state index contributed by atoms with van der Waals surface area (Å²) >= 11 is 0. The maximum absolute atomic E-state index is 13.3. The average molecular weight is 541 g/mol. The molecule has 0 spiro atoms. The highest BCUT2D eigenvalue weighted by molar-refractivity contribution is 5.90. The van der Waals surface area contributed by atoms with Crippen molar-refractivity contribution >= 4 is 17.7 Å². The molecule has 0 aliphatic rings. The van der Waals surface area contributed by atoms with E-state index in [0.29, 0.717) is 25.4 Å². The summed E-state index contributed by atoms with van der Waals surface area (Å²) in [6, 6.07) is 11.0. The Bertz CT molecular complexity index is 1000. The number of alkyl halides is 3. The van der Waals surface area contributed by atoms with Crippen LogP contribution >= 0.6 is 0 Å². The molecule has 0 aliphatic carbocycles. The van der Waals surface area contributed by atoms with E-state index in [9.17, 15) is 27.9 Å². The Balaban J connectivity index is 1.99. The van der Waals surface area contributed by atoms with Crippen molar-refractivity contribution in [2.45, 2.75) is 45.4 Å². The highest BCUT2D eigenvalue weighted by Crippen LogP contribution is 2.34. The first-order chi connectivity index (χ1) is 18.2. The molecule has 0 bridgehead atoms. The summed E-state index contributed by atoms with van der Waals surface area (Å²) in [5.74, 6) is -0.533. The first-order valence-corrected chi connectivity index (χ1v) is 12.5. The van der Waals surface area contributed by atoms with Gasteiger partial charge in [-0.2, -0.15) is 13.2 Å². The molecule has 1 unspecified atom stereocenters. The van der Waals surface area contributed by atoms with Crippen LogP contribution in [0.25, 0.3) is 0 Å². The van der Waals surface area contributed by atoms with Crippen LogP contribution in [0.3, 0.4) is 0 Å². The first-order valence-electron chi connectivity index (χ1n) is 12.5. The van der Waals surface area contributed by atoms with Gasteiger partial charge in [0.15, 0.2) is 6.10 Å². The van der Waals surface area contributed by atoms with Gasteiger partial charge in [0.25, 0.3) is 0 Å². The Morgan fingerprint density at radius 1 is 1.00 bits per heavy atom. The fraction of sp³-hybridized carbons (Fsp3) is 0.481. The summed E-state index contributed by atoms with van der Waals surface area (Å²) in [6.45, 7) is 5.48. The number of aliphatic carboxylic acids is 1. The second-order valence-electron chi connectivity index (χ2n) is 8.41. The number of carboxylic acids is 1. The third-order valence-corrected chi connectivity index (χ3v) is 5.44. The molecule has 0 saturated heterocycles. The number of nitrogens with one attached hydrogen (secondary N) is 1. The molecule has 0 aliphatic heterocycles. The predicted molar refractivity (Wildman–Crippen MR) is 136 cm³/mol. The molecule has 8 nitrogen and oxygen atoms in total. The molecule has 0 heterocycles. The molecular formula is C27H35F3N2O6. The molecule has 0 fully saturated rings. The lowest BCUT2D eigenvalue weighted by molar-refractivity contribution is -0.150. The van der Waals surface area contributed by atoms with Gasteiger partial charge in [0.05, 0.1) is 17.8 Å². The number of ether oxygens (including phenoxy) is 3. The largest absolute Gasteiger partial charge is 0.492 e. The molecule has 1 atom stereocenters. The second kappa shape index (κ2) is 15.8. The number of anilines is 1. The Hall–Kier alpha value is -3.31. The molecule has 2 aromatic rings. The third kappa shape index (κ3) is 10.6.